The topological polar surface area (TPSA) is 42.0 Å². The number of rotatable bonds is 7. The minimum absolute atomic E-state index is 0.0833. The van der Waals surface area contributed by atoms with Crippen LogP contribution < -0.4 is 5.32 Å². The van der Waals surface area contributed by atoms with Gasteiger partial charge in [0.1, 0.15) is 0 Å². The maximum absolute atomic E-state index is 11.6. The Bertz CT molecular complexity index is 540. The van der Waals surface area contributed by atoms with E-state index in [2.05, 4.69) is 17.2 Å². The molecule has 3 nitrogen and oxygen atoms in total. The number of nitrogens with zero attached hydrogens (tertiary/aromatic N) is 1. The van der Waals surface area contributed by atoms with Crippen LogP contribution in [0.1, 0.15) is 19.8 Å². The van der Waals surface area contributed by atoms with E-state index in [4.69, 9.17) is 0 Å². The van der Waals surface area contributed by atoms with Crippen molar-refractivity contribution in [3.05, 3.63) is 35.7 Å². The fourth-order valence-corrected chi connectivity index (χ4v) is 3.31. The first-order valence-corrected chi connectivity index (χ1v) is 8.56. The predicted molar refractivity (Wildman–Crippen MR) is 86.2 cm³/mol. The molecule has 5 heteroatoms. The third kappa shape index (κ3) is 4.65. The zero-order valence-electron chi connectivity index (χ0n) is 11.5. The minimum Gasteiger partial charge on any atom is -0.355 e. The molecule has 0 radical (unpaired) electrons. The molecule has 0 aliphatic heterocycles. The normalized spacial score (nSPS) is 10.4. The number of nitrogens with one attached hydrogen (secondary N) is 1. The molecule has 2 rings (SSSR count). The van der Waals surface area contributed by atoms with Gasteiger partial charge in [0.2, 0.25) is 5.91 Å². The Kier molecular flexibility index (Phi) is 6.08. The molecular weight excluding hydrogens is 288 g/mol. The largest absolute Gasteiger partial charge is 0.355 e. The highest BCUT2D eigenvalue weighted by molar-refractivity contribution is 8.01. The summed E-state index contributed by atoms with van der Waals surface area (Å²) in [5.41, 5.74) is 2.09. The standard InChI is InChI=1S/C15H18N2OS2/c1-2-3-9-16-14(18)11-20-15-17-13(10-19-15)12-7-5-4-6-8-12/h4-8,10H,2-3,9,11H2,1H3,(H,16,18). The van der Waals surface area contributed by atoms with Crippen LogP contribution in [0.25, 0.3) is 11.3 Å². The second-order valence-corrected chi connectivity index (χ2v) is 6.44. The van der Waals surface area contributed by atoms with Gasteiger partial charge >= 0.3 is 0 Å². The van der Waals surface area contributed by atoms with Crippen LogP contribution in [-0.4, -0.2) is 23.2 Å². The molecule has 2 aromatic rings. The van der Waals surface area contributed by atoms with Crippen LogP contribution in [0.3, 0.4) is 0 Å². The van der Waals surface area contributed by atoms with E-state index in [1.54, 1.807) is 11.3 Å². The van der Waals surface area contributed by atoms with Gasteiger partial charge in [-0.2, -0.15) is 0 Å². The van der Waals surface area contributed by atoms with Crippen molar-refractivity contribution in [1.82, 2.24) is 10.3 Å². The summed E-state index contributed by atoms with van der Waals surface area (Å²) in [5, 5.41) is 4.94. The van der Waals surface area contributed by atoms with E-state index in [0.717, 1.165) is 35.0 Å². The van der Waals surface area contributed by atoms with Gasteiger partial charge in [0.25, 0.3) is 0 Å². The molecule has 0 unspecified atom stereocenters. The number of benzene rings is 1. The summed E-state index contributed by atoms with van der Waals surface area (Å²) in [4.78, 5) is 16.2. The van der Waals surface area contributed by atoms with Gasteiger partial charge in [-0.25, -0.2) is 4.98 Å². The Balaban J connectivity index is 1.83. The first-order chi connectivity index (χ1) is 9.79. The molecule has 0 bridgehead atoms. The van der Waals surface area contributed by atoms with E-state index in [-0.39, 0.29) is 5.91 Å². The monoisotopic (exact) mass is 306 g/mol. The third-order valence-electron chi connectivity index (χ3n) is 2.73. The molecule has 20 heavy (non-hydrogen) atoms. The van der Waals surface area contributed by atoms with Crippen LogP contribution >= 0.6 is 23.1 Å². The summed E-state index contributed by atoms with van der Waals surface area (Å²) in [6.45, 7) is 2.88. The fraction of sp³-hybridized carbons (Fsp3) is 0.333. The van der Waals surface area contributed by atoms with Crippen LogP contribution in [0, 0.1) is 0 Å². The zero-order valence-corrected chi connectivity index (χ0v) is 13.1. The first kappa shape index (κ1) is 15.1. The van der Waals surface area contributed by atoms with Gasteiger partial charge in [0, 0.05) is 17.5 Å². The Hall–Kier alpha value is -1.33. The molecule has 106 valence electrons. The van der Waals surface area contributed by atoms with Crippen molar-refractivity contribution in [3.8, 4) is 11.3 Å². The van der Waals surface area contributed by atoms with Crippen LogP contribution in [0.5, 0.6) is 0 Å². The summed E-state index contributed by atoms with van der Waals surface area (Å²) >= 11 is 3.08. The molecular formula is C15H18N2OS2. The number of carbonyl (C=O) groups excluding carboxylic acids is 1. The zero-order chi connectivity index (χ0) is 14.2. The lowest BCUT2D eigenvalue weighted by Crippen LogP contribution is -2.25. The van der Waals surface area contributed by atoms with E-state index in [0.29, 0.717) is 5.75 Å². The van der Waals surface area contributed by atoms with Gasteiger partial charge in [0.15, 0.2) is 4.34 Å². The Morgan fingerprint density at radius 3 is 2.90 bits per heavy atom. The molecule has 0 saturated carbocycles. The number of unbranched alkanes of at least 4 members (excludes halogenated alkanes) is 1. The Morgan fingerprint density at radius 2 is 2.15 bits per heavy atom. The SMILES string of the molecule is CCCCNC(=O)CSc1nc(-c2ccccc2)cs1. The van der Waals surface area contributed by atoms with E-state index in [1.165, 1.54) is 11.8 Å². The predicted octanol–water partition coefficient (Wildman–Crippen LogP) is 3.82. The lowest BCUT2D eigenvalue weighted by Gasteiger charge is -2.02. The molecule has 1 heterocycles. The van der Waals surface area contributed by atoms with Crippen LogP contribution in [0.2, 0.25) is 0 Å². The van der Waals surface area contributed by atoms with E-state index in [9.17, 15) is 4.79 Å². The lowest BCUT2D eigenvalue weighted by molar-refractivity contribution is -0.118. The molecule has 0 aliphatic rings. The summed E-state index contributed by atoms with van der Waals surface area (Å²) in [6, 6.07) is 10.1. The van der Waals surface area contributed by atoms with Crippen molar-refractivity contribution in [2.24, 2.45) is 0 Å². The Labute approximate surface area is 127 Å². The minimum atomic E-state index is 0.0833. The Morgan fingerprint density at radius 1 is 1.35 bits per heavy atom. The number of hydrogen-bond donors (Lipinski definition) is 1. The lowest BCUT2D eigenvalue weighted by atomic mass is 10.2. The van der Waals surface area contributed by atoms with Crippen molar-refractivity contribution in [3.63, 3.8) is 0 Å². The van der Waals surface area contributed by atoms with Crippen molar-refractivity contribution in [2.45, 2.75) is 24.1 Å². The molecule has 0 fully saturated rings. The number of aromatic nitrogens is 1. The molecule has 0 spiro atoms. The maximum Gasteiger partial charge on any atom is 0.230 e. The van der Waals surface area contributed by atoms with E-state index >= 15 is 0 Å². The highest BCUT2D eigenvalue weighted by Gasteiger charge is 2.07. The van der Waals surface area contributed by atoms with Gasteiger partial charge in [0.05, 0.1) is 11.4 Å². The van der Waals surface area contributed by atoms with Gasteiger partial charge in [-0.15, -0.1) is 11.3 Å². The smallest absolute Gasteiger partial charge is 0.230 e. The van der Waals surface area contributed by atoms with Gasteiger partial charge in [-0.3, -0.25) is 4.79 Å². The molecule has 1 aromatic carbocycles. The van der Waals surface area contributed by atoms with Crippen molar-refractivity contribution in [2.75, 3.05) is 12.3 Å². The van der Waals surface area contributed by atoms with Gasteiger partial charge < -0.3 is 5.32 Å². The number of thiazole rings is 1. The molecule has 1 aromatic heterocycles. The van der Waals surface area contributed by atoms with Gasteiger partial charge in [-0.1, -0.05) is 55.4 Å². The summed E-state index contributed by atoms with van der Waals surface area (Å²) < 4.78 is 0.939. The average molecular weight is 306 g/mol. The van der Waals surface area contributed by atoms with E-state index < -0.39 is 0 Å². The van der Waals surface area contributed by atoms with Gasteiger partial charge in [-0.05, 0) is 6.42 Å². The molecule has 1 N–H and O–H groups in total. The molecule has 0 aliphatic carbocycles. The van der Waals surface area contributed by atoms with E-state index in [1.807, 2.05) is 35.7 Å². The van der Waals surface area contributed by atoms with Crippen LogP contribution in [-0.2, 0) is 4.79 Å². The number of carbonyl (C=O) groups is 1. The molecule has 0 atom stereocenters. The summed E-state index contributed by atoms with van der Waals surface area (Å²) in [7, 11) is 0. The first-order valence-electron chi connectivity index (χ1n) is 6.70. The second kappa shape index (κ2) is 8.07. The van der Waals surface area contributed by atoms with Crippen LogP contribution in [0.15, 0.2) is 40.1 Å². The van der Waals surface area contributed by atoms with Crippen molar-refractivity contribution >= 4 is 29.0 Å². The number of amides is 1. The van der Waals surface area contributed by atoms with Crippen LogP contribution in [0.4, 0.5) is 0 Å². The number of thioether (sulfide) groups is 1. The molecule has 0 saturated heterocycles. The van der Waals surface area contributed by atoms with Crippen molar-refractivity contribution < 1.29 is 4.79 Å². The fourth-order valence-electron chi connectivity index (χ4n) is 1.65. The maximum atomic E-state index is 11.6. The average Bonchev–Trinajstić information content (AvgIpc) is 2.95. The summed E-state index contributed by atoms with van der Waals surface area (Å²) in [6.07, 6.45) is 2.13. The highest BCUT2D eigenvalue weighted by atomic mass is 32.2. The highest BCUT2D eigenvalue weighted by Crippen LogP contribution is 2.27. The number of hydrogen-bond acceptors (Lipinski definition) is 4. The quantitative estimate of drug-likeness (QED) is 0.624. The van der Waals surface area contributed by atoms with Crippen molar-refractivity contribution in [1.29, 1.82) is 0 Å². The second-order valence-electron chi connectivity index (χ2n) is 4.36. The summed E-state index contributed by atoms with van der Waals surface area (Å²) in [5.74, 6) is 0.519. The molecule has 1 amide bonds. The third-order valence-corrected chi connectivity index (χ3v) is 4.75.